The lowest BCUT2D eigenvalue weighted by Crippen LogP contribution is -2.50. The minimum absolute atomic E-state index is 0.125. The lowest BCUT2D eigenvalue weighted by molar-refractivity contribution is -0.149. The van der Waals surface area contributed by atoms with E-state index in [0.717, 1.165) is 4.90 Å². The van der Waals surface area contributed by atoms with Gasteiger partial charge in [0.25, 0.3) is 5.91 Å². The van der Waals surface area contributed by atoms with Crippen molar-refractivity contribution in [3.8, 4) is 0 Å². The van der Waals surface area contributed by atoms with Crippen LogP contribution in [0.25, 0.3) is 0 Å². The molecule has 2 heterocycles. The zero-order valence-electron chi connectivity index (χ0n) is 10.9. The Morgan fingerprint density at radius 3 is 2.65 bits per heavy atom. The SMILES string of the molecule is CCC1SCC(C(=O)O)N1C(=O)CN1C(=O)CNC1=O. The van der Waals surface area contributed by atoms with Crippen LogP contribution in [0.5, 0.6) is 0 Å². The van der Waals surface area contributed by atoms with Gasteiger partial charge in [-0.15, -0.1) is 11.8 Å². The van der Waals surface area contributed by atoms with Crippen molar-refractivity contribution in [1.29, 1.82) is 0 Å². The van der Waals surface area contributed by atoms with Crippen LogP contribution in [0, 0.1) is 0 Å². The summed E-state index contributed by atoms with van der Waals surface area (Å²) in [7, 11) is 0. The van der Waals surface area contributed by atoms with Crippen molar-refractivity contribution in [3.63, 3.8) is 0 Å². The minimum Gasteiger partial charge on any atom is -0.480 e. The van der Waals surface area contributed by atoms with Gasteiger partial charge in [-0.05, 0) is 6.42 Å². The summed E-state index contributed by atoms with van der Waals surface area (Å²) in [6.07, 6.45) is 0.611. The number of thioether (sulfide) groups is 1. The molecule has 0 aromatic rings. The number of imide groups is 1. The molecule has 9 heteroatoms. The summed E-state index contributed by atoms with van der Waals surface area (Å²) in [6.45, 7) is 1.32. The molecule has 2 fully saturated rings. The lowest BCUT2D eigenvalue weighted by atomic mass is 10.2. The monoisotopic (exact) mass is 301 g/mol. The smallest absolute Gasteiger partial charge is 0.327 e. The van der Waals surface area contributed by atoms with Crippen LogP contribution in [0.1, 0.15) is 13.3 Å². The van der Waals surface area contributed by atoms with E-state index in [1.54, 1.807) is 0 Å². The molecular weight excluding hydrogens is 286 g/mol. The first-order chi connectivity index (χ1) is 9.45. The third-order valence-corrected chi connectivity index (χ3v) is 4.70. The Kier molecular flexibility index (Phi) is 4.17. The van der Waals surface area contributed by atoms with Crippen molar-refractivity contribution in [3.05, 3.63) is 0 Å². The van der Waals surface area contributed by atoms with Crippen LogP contribution in [0.3, 0.4) is 0 Å². The summed E-state index contributed by atoms with van der Waals surface area (Å²) in [5, 5.41) is 11.2. The molecule has 0 spiro atoms. The van der Waals surface area contributed by atoms with Crippen LogP contribution in [0.2, 0.25) is 0 Å². The van der Waals surface area contributed by atoms with Crippen LogP contribution in [0.4, 0.5) is 4.79 Å². The largest absolute Gasteiger partial charge is 0.480 e. The number of rotatable bonds is 4. The van der Waals surface area contributed by atoms with E-state index in [9.17, 15) is 19.2 Å². The average Bonchev–Trinajstić information content (AvgIpc) is 2.96. The average molecular weight is 301 g/mol. The summed E-state index contributed by atoms with van der Waals surface area (Å²) < 4.78 is 0. The molecule has 2 atom stereocenters. The van der Waals surface area contributed by atoms with E-state index in [1.165, 1.54) is 16.7 Å². The number of carboxylic acids is 1. The second kappa shape index (κ2) is 5.70. The van der Waals surface area contributed by atoms with Crippen molar-refractivity contribution in [2.24, 2.45) is 0 Å². The van der Waals surface area contributed by atoms with Gasteiger partial charge in [0.1, 0.15) is 12.6 Å². The molecule has 0 saturated carbocycles. The Labute approximate surface area is 119 Å². The number of nitrogens with one attached hydrogen (secondary N) is 1. The molecule has 0 aromatic heterocycles. The van der Waals surface area contributed by atoms with E-state index in [4.69, 9.17) is 5.11 Å². The van der Waals surface area contributed by atoms with Crippen molar-refractivity contribution in [2.75, 3.05) is 18.8 Å². The topological polar surface area (TPSA) is 107 Å². The third-order valence-electron chi connectivity index (χ3n) is 3.25. The number of carboxylic acid groups (broad SMARTS) is 1. The van der Waals surface area contributed by atoms with Gasteiger partial charge in [-0.3, -0.25) is 14.5 Å². The van der Waals surface area contributed by atoms with Gasteiger partial charge in [0.05, 0.1) is 11.9 Å². The van der Waals surface area contributed by atoms with Gasteiger partial charge in [0.15, 0.2) is 0 Å². The number of hydrogen-bond acceptors (Lipinski definition) is 5. The Balaban J connectivity index is 2.11. The Hall–Kier alpha value is -1.77. The van der Waals surface area contributed by atoms with Gasteiger partial charge >= 0.3 is 12.0 Å². The first kappa shape index (κ1) is 14.6. The van der Waals surface area contributed by atoms with E-state index in [1.807, 2.05) is 6.92 Å². The molecule has 20 heavy (non-hydrogen) atoms. The highest BCUT2D eigenvalue weighted by molar-refractivity contribution is 8.00. The predicted octanol–water partition coefficient (Wildman–Crippen LogP) is -0.697. The molecule has 8 nitrogen and oxygen atoms in total. The number of carbonyl (C=O) groups excluding carboxylic acids is 3. The summed E-state index contributed by atoms with van der Waals surface area (Å²) in [4.78, 5) is 48.4. The lowest BCUT2D eigenvalue weighted by Gasteiger charge is -2.27. The molecule has 2 saturated heterocycles. The first-order valence-electron chi connectivity index (χ1n) is 6.19. The second-order valence-corrected chi connectivity index (χ2v) is 5.70. The zero-order chi connectivity index (χ0) is 14.9. The van der Waals surface area contributed by atoms with Crippen LogP contribution in [-0.4, -0.2) is 69.0 Å². The highest BCUT2D eigenvalue weighted by Crippen LogP contribution is 2.31. The van der Waals surface area contributed by atoms with Crippen LogP contribution in [0.15, 0.2) is 0 Å². The summed E-state index contributed by atoms with van der Waals surface area (Å²) in [6, 6.07) is -1.52. The fraction of sp³-hybridized carbons (Fsp3) is 0.636. The minimum atomic E-state index is -1.07. The highest BCUT2D eigenvalue weighted by Gasteiger charge is 2.42. The van der Waals surface area contributed by atoms with Crippen molar-refractivity contribution in [1.82, 2.24) is 15.1 Å². The molecule has 2 rings (SSSR count). The maximum Gasteiger partial charge on any atom is 0.327 e. The summed E-state index contributed by atoms with van der Waals surface area (Å²) >= 11 is 1.39. The number of nitrogens with zero attached hydrogens (tertiary/aromatic N) is 2. The standard InChI is InChI=1S/C11H15N3O5S/c1-2-9-14(6(5-20-9)10(17)18)8(16)4-13-7(15)3-12-11(13)19/h6,9H,2-5H2,1H3,(H,12,19)(H,17,18). The fourth-order valence-corrected chi connectivity index (χ4v) is 3.60. The summed E-state index contributed by atoms with van der Waals surface area (Å²) in [5.74, 6) is -1.74. The van der Waals surface area contributed by atoms with Crippen LogP contribution >= 0.6 is 11.8 Å². The maximum atomic E-state index is 12.3. The van der Waals surface area contributed by atoms with E-state index < -0.39 is 36.4 Å². The molecule has 0 aromatic carbocycles. The fourth-order valence-electron chi connectivity index (χ4n) is 2.23. The number of amides is 4. The van der Waals surface area contributed by atoms with E-state index in [-0.39, 0.29) is 11.9 Å². The highest BCUT2D eigenvalue weighted by atomic mass is 32.2. The molecule has 2 aliphatic rings. The molecule has 2 unspecified atom stereocenters. The normalized spacial score (nSPS) is 26.1. The van der Waals surface area contributed by atoms with Gasteiger partial charge in [-0.2, -0.15) is 0 Å². The van der Waals surface area contributed by atoms with Gasteiger partial charge in [-0.1, -0.05) is 6.92 Å². The molecular formula is C11H15N3O5S. The summed E-state index contributed by atoms with van der Waals surface area (Å²) in [5.41, 5.74) is 0. The molecule has 110 valence electrons. The third kappa shape index (κ3) is 2.58. The molecule has 4 amide bonds. The molecule has 0 radical (unpaired) electrons. The first-order valence-corrected chi connectivity index (χ1v) is 7.24. The van der Waals surface area contributed by atoms with Gasteiger partial charge in [-0.25, -0.2) is 9.59 Å². The molecule has 2 N–H and O–H groups in total. The van der Waals surface area contributed by atoms with Gasteiger partial charge in [0, 0.05) is 5.75 Å². The van der Waals surface area contributed by atoms with Crippen LogP contribution in [-0.2, 0) is 14.4 Å². The quantitative estimate of drug-likeness (QED) is 0.665. The Morgan fingerprint density at radius 2 is 2.15 bits per heavy atom. The van der Waals surface area contributed by atoms with E-state index >= 15 is 0 Å². The number of aliphatic carboxylic acids is 1. The van der Waals surface area contributed by atoms with Crippen molar-refractivity contribution < 1.29 is 24.3 Å². The van der Waals surface area contributed by atoms with Gasteiger partial charge < -0.3 is 15.3 Å². The van der Waals surface area contributed by atoms with Crippen LogP contribution < -0.4 is 5.32 Å². The Bertz CT molecular complexity index is 453. The molecule has 0 aliphatic carbocycles. The predicted molar refractivity (Wildman–Crippen MR) is 69.9 cm³/mol. The zero-order valence-corrected chi connectivity index (χ0v) is 11.7. The van der Waals surface area contributed by atoms with Crippen molar-refractivity contribution in [2.45, 2.75) is 24.8 Å². The van der Waals surface area contributed by atoms with Gasteiger partial charge in [0.2, 0.25) is 5.91 Å². The Morgan fingerprint density at radius 1 is 1.45 bits per heavy atom. The van der Waals surface area contributed by atoms with Crippen molar-refractivity contribution >= 4 is 35.6 Å². The van der Waals surface area contributed by atoms with E-state index in [0.29, 0.717) is 12.2 Å². The van der Waals surface area contributed by atoms with E-state index in [2.05, 4.69) is 5.32 Å². The number of hydrogen-bond donors (Lipinski definition) is 2. The maximum absolute atomic E-state index is 12.3. The number of urea groups is 1. The molecule has 0 bridgehead atoms. The second-order valence-electron chi connectivity index (χ2n) is 4.49. The molecule has 2 aliphatic heterocycles. The number of carbonyl (C=O) groups is 4.